The lowest BCUT2D eigenvalue weighted by atomic mass is 9.97. The Hall–Kier alpha value is -4.31. The van der Waals surface area contributed by atoms with Crippen molar-refractivity contribution in [3.05, 3.63) is 88.0 Å². The largest absolute Gasteiger partial charge is 0.496 e. The van der Waals surface area contributed by atoms with Gasteiger partial charge in [0.1, 0.15) is 17.1 Å². The number of nitrogens with one attached hydrogen (secondary N) is 2. The van der Waals surface area contributed by atoms with E-state index in [0.717, 1.165) is 34.3 Å². The van der Waals surface area contributed by atoms with Gasteiger partial charge < -0.3 is 9.64 Å². The van der Waals surface area contributed by atoms with E-state index >= 15 is 0 Å². The van der Waals surface area contributed by atoms with E-state index in [2.05, 4.69) is 20.8 Å². The van der Waals surface area contributed by atoms with E-state index in [1.807, 2.05) is 54.6 Å². The molecule has 1 aliphatic heterocycles. The lowest BCUT2D eigenvalue weighted by Gasteiger charge is -2.31. The Labute approximate surface area is 223 Å². The van der Waals surface area contributed by atoms with Crippen molar-refractivity contribution in [1.29, 1.82) is 0 Å². The Morgan fingerprint density at radius 1 is 0.974 bits per heavy atom. The minimum absolute atomic E-state index is 0.127. The first-order valence-electron chi connectivity index (χ1n) is 12.3. The number of para-hydroxylation sites is 1. The predicted octanol–water partition coefficient (Wildman–Crippen LogP) is 3.72. The average Bonchev–Trinajstić information content (AvgIpc) is 3.46. The molecule has 1 fully saturated rings. The summed E-state index contributed by atoms with van der Waals surface area (Å²) < 4.78 is 5.49. The number of aromatic nitrogens is 2. The minimum Gasteiger partial charge on any atom is -0.496 e. The van der Waals surface area contributed by atoms with Crippen LogP contribution < -0.4 is 15.6 Å². The van der Waals surface area contributed by atoms with Crippen LogP contribution >= 0.6 is 11.3 Å². The van der Waals surface area contributed by atoms with Gasteiger partial charge in [-0.25, -0.2) is 9.97 Å². The fraction of sp³-hybridized carbons (Fsp3) is 0.250. The molecule has 2 aromatic heterocycles. The molecule has 9 nitrogen and oxygen atoms in total. The first kappa shape index (κ1) is 25.3. The van der Waals surface area contributed by atoms with Gasteiger partial charge in [0.15, 0.2) is 0 Å². The van der Waals surface area contributed by atoms with Crippen molar-refractivity contribution in [3.8, 4) is 5.75 Å². The monoisotopic (exact) mass is 529 g/mol. The van der Waals surface area contributed by atoms with E-state index in [1.54, 1.807) is 23.5 Å². The second-order valence-corrected chi connectivity index (χ2v) is 9.92. The van der Waals surface area contributed by atoms with Crippen molar-refractivity contribution in [1.82, 2.24) is 25.7 Å². The maximum atomic E-state index is 13.2. The summed E-state index contributed by atoms with van der Waals surface area (Å²) in [5.74, 6) is -0.123. The molecule has 0 aliphatic carbocycles. The summed E-state index contributed by atoms with van der Waals surface area (Å²) in [6.45, 7) is 1.13. The Bertz CT molecular complexity index is 1460. The molecule has 0 spiro atoms. The van der Waals surface area contributed by atoms with E-state index < -0.39 is 5.91 Å². The van der Waals surface area contributed by atoms with E-state index in [1.165, 1.54) is 11.3 Å². The summed E-state index contributed by atoms with van der Waals surface area (Å²) in [6.07, 6.45) is 1.64. The van der Waals surface area contributed by atoms with Gasteiger partial charge in [0, 0.05) is 35.8 Å². The number of benzene rings is 2. The fourth-order valence-electron chi connectivity index (χ4n) is 4.51. The molecule has 0 atom stereocenters. The highest BCUT2D eigenvalue weighted by molar-refractivity contribution is 7.09. The van der Waals surface area contributed by atoms with Crippen molar-refractivity contribution in [2.75, 3.05) is 20.2 Å². The van der Waals surface area contributed by atoms with Crippen LogP contribution in [-0.2, 0) is 11.2 Å². The van der Waals surface area contributed by atoms with Gasteiger partial charge in [0.05, 0.1) is 24.1 Å². The highest BCUT2D eigenvalue weighted by Gasteiger charge is 2.28. The molecule has 3 amide bonds. The number of hydrogen-bond donors (Lipinski definition) is 2. The Balaban J connectivity index is 1.15. The van der Waals surface area contributed by atoms with Crippen LogP contribution in [0.15, 0.2) is 66.0 Å². The van der Waals surface area contributed by atoms with Crippen molar-refractivity contribution >= 4 is 40.0 Å². The maximum absolute atomic E-state index is 13.2. The number of amides is 3. The standard InChI is InChI=1S/C28H27N5O4S/c1-37-24-16-22(29-21-10-6-5-9-20(21)24)28(36)33-13-11-19(12-14-33)27-30-23(17-38-27)26(35)32-31-25(34)15-18-7-3-2-4-8-18/h2-10,16-17,19H,11-15H2,1H3,(H,31,34)(H,32,35). The quantitative estimate of drug-likeness (QED) is 0.368. The molecule has 194 valence electrons. The zero-order valence-corrected chi connectivity index (χ0v) is 21.7. The molecule has 4 aromatic rings. The van der Waals surface area contributed by atoms with Crippen molar-refractivity contribution in [2.24, 2.45) is 0 Å². The second kappa shape index (κ2) is 11.4. The second-order valence-electron chi connectivity index (χ2n) is 9.03. The smallest absolute Gasteiger partial charge is 0.289 e. The SMILES string of the molecule is COc1cc(C(=O)N2CCC(c3nc(C(=O)NNC(=O)Cc4ccccc4)cs3)CC2)nc2ccccc12. The number of rotatable bonds is 6. The maximum Gasteiger partial charge on any atom is 0.289 e. The molecule has 5 rings (SSSR count). The number of hydrazine groups is 1. The van der Waals surface area contributed by atoms with Crippen molar-refractivity contribution in [3.63, 3.8) is 0 Å². The Morgan fingerprint density at radius 3 is 2.47 bits per heavy atom. The summed E-state index contributed by atoms with van der Waals surface area (Å²) in [6, 6.07) is 18.6. The highest BCUT2D eigenvalue weighted by atomic mass is 32.1. The van der Waals surface area contributed by atoms with Crippen LogP contribution in [0.25, 0.3) is 10.9 Å². The summed E-state index contributed by atoms with van der Waals surface area (Å²) >= 11 is 1.42. The zero-order valence-electron chi connectivity index (χ0n) is 20.8. The van der Waals surface area contributed by atoms with E-state index in [4.69, 9.17) is 4.74 Å². The molecular weight excluding hydrogens is 502 g/mol. The molecule has 1 saturated heterocycles. The van der Waals surface area contributed by atoms with Crippen molar-refractivity contribution < 1.29 is 19.1 Å². The molecule has 38 heavy (non-hydrogen) atoms. The molecule has 10 heteroatoms. The van der Waals surface area contributed by atoms with Crippen LogP contribution in [0.2, 0.25) is 0 Å². The summed E-state index contributed by atoms with van der Waals surface area (Å²) in [4.78, 5) is 48.7. The number of pyridine rings is 1. The molecule has 0 bridgehead atoms. The fourth-order valence-corrected chi connectivity index (χ4v) is 5.48. The zero-order chi connectivity index (χ0) is 26.5. The number of fused-ring (bicyclic) bond motifs is 1. The van der Waals surface area contributed by atoms with Gasteiger partial charge >= 0.3 is 0 Å². The number of hydrogen-bond acceptors (Lipinski definition) is 7. The van der Waals surface area contributed by atoms with Crippen LogP contribution in [0.1, 0.15) is 50.3 Å². The topological polar surface area (TPSA) is 114 Å². The normalized spacial score (nSPS) is 13.8. The lowest BCUT2D eigenvalue weighted by Crippen LogP contribution is -2.42. The first-order valence-corrected chi connectivity index (χ1v) is 13.2. The Kier molecular flexibility index (Phi) is 7.60. The van der Waals surface area contributed by atoms with Gasteiger partial charge in [-0.05, 0) is 30.5 Å². The van der Waals surface area contributed by atoms with Gasteiger partial charge in [0.25, 0.3) is 11.8 Å². The van der Waals surface area contributed by atoms with Crippen LogP contribution in [0, 0.1) is 0 Å². The predicted molar refractivity (Wildman–Crippen MR) is 144 cm³/mol. The third kappa shape index (κ3) is 5.65. The van der Waals surface area contributed by atoms with Gasteiger partial charge in [-0.1, -0.05) is 42.5 Å². The van der Waals surface area contributed by atoms with Crippen LogP contribution in [0.5, 0.6) is 5.75 Å². The van der Waals surface area contributed by atoms with Gasteiger partial charge in [-0.15, -0.1) is 11.3 Å². The van der Waals surface area contributed by atoms with E-state index in [-0.39, 0.29) is 29.8 Å². The molecular formula is C28H27N5O4S. The molecule has 0 saturated carbocycles. The first-order chi connectivity index (χ1) is 18.5. The third-order valence-corrected chi connectivity index (χ3v) is 7.53. The van der Waals surface area contributed by atoms with Gasteiger partial charge in [-0.2, -0.15) is 0 Å². The molecule has 0 unspecified atom stereocenters. The summed E-state index contributed by atoms with van der Waals surface area (Å²) in [7, 11) is 1.59. The number of ether oxygens (including phenoxy) is 1. The molecule has 2 aromatic carbocycles. The van der Waals surface area contributed by atoms with Crippen LogP contribution in [0.3, 0.4) is 0 Å². The third-order valence-electron chi connectivity index (χ3n) is 6.53. The number of likely N-dealkylation sites (tertiary alicyclic amines) is 1. The van der Waals surface area contributed by atoms with Crippen molar-refractivity contribution in [2.45, 2.75) is 25.2 Å². The van der Waals surface area contributed by atoms with Gasteiger partial charge in [0.2, 0.25) is 5.91 Å². The lowest BCUT2D eigenvalue weighted by molar-refractivity contribution is -0.121. The number of nitrogens with zero attached hydrogens (tertiary/aromatic N) is 3. The number of methoxy groups -OCH3 is 1. The average molecular weight is 530 g/mol. The van der Waals surface area contributed by atoms with E-state index in [0.29, 0.717) is 24.5 Å². The molecule has 2 N–H and O–H groups in total. The van der Waals surface area contributed by atoms with E-state index in [9.17, 15) is 14.4 Å². The summed E-state index contributed by atoms with van der Waals surface area (Å²) in [5, 5.41) is 3.41. The van der Waals surface area contributed by atoms with Crippen LogP contribution in [0.4, 0.5) is 0 Å². The number of carbonyl (C=O) groups excluding carboxylic acids is 3. The molecule has 1 aliphatic rings. The number of carbonyl (C=O) groups is 3. The molecule has 3 heterocycles. The summed E-state index contributed by atoms with van der Waals surface area (Å²) in [5.41, 5.74) is 7.07. The van der Waals surface area contributed by atoms with Crippen LogP contribution in [-0.4, -0.2) is 52.8 Å². The minimum atomic E-state index is -0.460. The van der Waals surface area contributed by atoms with Gasteiger partial charge in [-0.3, -0.25) is 25.2 Å². The number of thiazole rings is 1. The highest BCUT2D eigenvalue weighted by Crippen LogP contribution is 2.31. The molecule has 0 radical (unpaired) electrons. The Morgan fingerprint density at radius 2 is 1.71 bits per heavy atom. The number of piperidine rings is 1.